The second-order valence-corrected chi connectivity index (χ2v) is 6.67. The summed E-state index contributed by atoms with van der Waals surface area (Å²) in [7, 11) is 1.79. The highest BCUT2D eigenvalue weighted by Gasteiger charge is 2.20. The number of hydrogen-bond acceptors (Lipinski definition) is 5. The van der Waals surface area contributed by atoms with Crippen LogP contribution >= 0.6 is 0 Å². The Morgan fingerprint density at radius 3 is 2.76 bits per heavy atom. The molecule has 2 aliphatic heterocycles. The summed E-state index contributed by atoms with van der Waals surface area (Å²) in [6.45, 7) is 9.92. The lowest BCUT2D eigenvalue weighted by Gasteiger charge is -2.34. The Hall–Kier alpha value is -0.200. The average molecular weight is 298 g/mol. The third kappa shape index (κ3) is 6.61. The van der Waals surface area contributed by atoms with E-state index < -0.39 is 0 Å². The van der Waals surface area contributed by atoms with Gasteiger partial charge in [-0.25, -0.2) is 0 Å². The quantitative estimate of drug-likeness (QED) is 0.690. The maximum atomic E-state index is 5.36. The number of methoxy groups -OCH3 is 1. The fraction of sp³-hybridized carbons (Fsp3) is 1.00. The molecule has 0 aromatic carbocycles. The molecule has 0 spiro atoms. The number of piperidine rings is 1. The van der Waals surface area contributed by atoms with Crippen LogP contribution in [0.3, 0.4) is 0 Å². The van der Waals surface area contributed by atoms with Gasteiger partial charge in [0.05, 0.1) is 6.61 Å². The largest absolute Gasteiger partial charge is 0.383 e. The Labute approximate surface area is 130 Å². The van der Waals surface area contributed by atoms with Crippen LogP contribution in [0.25, 0.3) is 0 Å². The zero-order chi connectivity index (χ0) is 14.9. The predicted molar refractivity (Wildman–Crippen MR) is 87.8 cm³/mol. The Bertz CT molecular complexity index is 277. The topological polar surface area (TPSA) is 48.6 Å². The minimum absolute atomic E-state index is 0.401. The molecule has 2 heterocycles. The summed E-state index contributed by atoms with van der Waals surface area (Å²) in [5.74, 6) is 0. The zero-order valence-corrected chi connectivity index (χ0v) is 13.9. The molecule has 2 fully saturated rings. The molecule has 0 saturated carbocycles. The van der Waals surface area contributed by atoms with E-state index in [2.05, 4.69) is 27.8 Å². The van der Waals surface area contributed by atoms with Crippen molar-refractivity contribution in [3.8, 4) is 0 Å². The van der Waals surface area contributed by atoms with Crippen molar-refractivity contribution in [2.75, 3.05) is 53.0 Å². The summed E-state index contributed by atoms with van der Waals surface area (Å²) in [5.41, 5.74) is 0. The molecule has 0 aliphatic carbocycles. The van der Waals surface area contributed by atoms with E-state index in [0.29, 0.717) is 18.1 Å². The molecule has 3 N–H and O–H groups in total. The summed E-state index contributed by atoms with van der Waals surface area (Å²) in [4.78, 5) is 2.63. The van der Waals surface area contributed by atoms with Crippen LogP contribution in [0.1, 0.15) is 32.6 Å². The molecule has 124 valence electrons. The monoisotopic (exact) mass is 298 g/mol. The van der Waals surface area contributed by atoms with Gasteiger partial charge in [0.25, 0.3) is 0 Å². The lowest BCUT2D eigenvalue weighted by molar-refractivity contribution is 0.150. The Morgan fingerprint density at radius 2 is 1.90 bits per heavy atom. The summed E-state index contributed by atoms with van der Waals surface area (Å²) in [5, 5.41) is 11.0. The first-order valence-corrected chi connectivity index (χ1v) is 8.69. The number of ether oxygens (including phenoxy) is 1. The fourth-order valence-electron chi connectivity index (χ4n) is 3.35. The van der Waals surface area contributed by atoms with Gasteiger partial charge >= 0.3 is 0 Å². The maximum Gasteiger partial charge on any atom is 0.0628 e. The summed E-state index contributed by atoms with van der Waals surface area (Å²) in [6.07, 6.45) is 5.23. The molecule has 0 radical (unpaired) electrons. The van der Waals surface area contributed by atoms with Crippen LogP contribution in [0.15, 0.2) is 0 Å². The van der Waals surface area contributed by atoms with E-state index in [4.69, 9.17) is 4.74 Å². The highest BCUT2D eigenvalue weighted by atomic mass is 16.5. The van der Waals surface area contributed by atoms with Gasteiger partial charge in [-0.1, -0.05) is 0 Å². The molecular weight excluding hydrogens is 264 g/mol. The first-order chi connectivity index (χ1) is 10.3. The second kappa shape index (κ2) is 9.74. The molecule has 4 unspecified atom stereocenters. The molecule has 4 atom stereocenters. The van der Waals surface area contributed by atoms with Gasteiger partial charge in [0.1, 0.15) is 0 Å². The van der Waals surface area contributed by atoms with Crippen LogP contribution in [-0.4, -0.2) is 76.0 Å². The van der Waals surface area contributed by atoms with E-state index in [1.807, 2.05) is 0 Å². The van der Waals surface area contributed by atoms with Crippen molar-refractivity contribution in [1.29, 1.82) is 0 Å². The Balaban J connectivity index is 1.86. The standard InChI is InChI=1S/C16H34N4O/c1-14-10-18-16(13-21-2)11-19-15-6-5-9-20(12-15)8-4-3-7-17-14/h14-19H,3-13H2,1-2H3. The lowest BCUT2D eigenvalue weighted by atomic mass is 10.0. The van der Waals surface area contributed by atoms with Gasteiger partial charge in [0, 0.05) is 44.9 Å². The molecule has 0 aromatic rings. The Kier molecular flexibility index (Phi) is 7.96. The normalized spacial score (nSPS) is 36.9. The molecular formula is C16H34N4O. The van der Waals surface area contributed by atoms with Gasteiger partial charge in [-0.2, -0.15) is 0 Å². The molecule has 2 aliphatic rings. The summed E-state index contributed by atoms with van der Waals surface area (Å²) in [6, 6.07) is 1.57. The lowest BCUT2D eigenvalue weighted by Crippen LogP contribution is -2.52. The minimum atomic E-state index is 0.401. The highest BCUT2D eigenvalue weighted by molar-refractivity contribution is 4.82. The average Bonchev–Trinajstić information content (AvgIpc) is 2.49. The van der Waals surface area contributed by atoms with E-state index in [-0.39, 0.29) is 0 Å². The maximum absolute atomic E-state index is 5.36. The third-order valence-corrected chi connectivity index (χ3v) is 4.63. The van der Waals surface area contributed by atoms with Crippen molar-refractivity contribution in [2.45, 2.75) is 50.7 Å². The van der Waals surface area contributed by atoms with Gasteiger partial charge in [-0.05, 0) is 52.2 Å². The van der Waals surface area contributed by atoms with Gasteiger partial charge in [-0.3, -0.25) is 0 Å². The molecule has 5 nitrogen and oxygen atoms in total. The van der Waals surface area contributed by atoms with E-state index in [0.717, 1.165) is 26.2 Å². The van der Waals surface area contributed by atoms with Gasteiger partial charge in [-0.15, -0.1) is 0 Å². The van der Waals surface area contributed by atoms with E-state index in [9.17, 15) is 0 Å². The smallest absolute Gasteiger partial charge is 0.0628 e. The molecule has 2 bridgehead atoms. The zero-order valence-electron chi connectivity index (χ0n) is 13.9. The van der Waals surface area contributed by atoms with Crippen LogP contribution in [0.4, 0.5) is 0 Å². The number of rotatable bonds is 2. The number of nitrogens with one attached hydrogen (secondary N) is 3. The van der Waals surface area contributed by atoms with Crippen LogP contribution in [0, 0.1) is 0 Å². The van der Waals surface area contributed by atoms with Gasteiger partial charge in [0.15, 0.2) is 0 Å². The predicted octanol–water partition coefficient (Wildman–Crippen LogP) is 0.417. The van der Waals surface area contributed by atoms with Crippen LogP contribution in [0.5, 0.6) is 0 Å². The van der Waals surface area contributed by atoms with Crippen molar-refractivity contribution in [1.82, 2.24) is 20.9 Å². The molecule has 2 saturated heterocycles. The minimum Gasteiger partial charge on any atom is -0.383 e. The summed E-state index contributed by atoms with van der Waals surface area (Å²) < 4.78 is 5.36. The van der Waals surface area contributed by atoms with Crippen molar-refractivity contribution >= 4 is 0 Å². The van der Waals surface area contributed by atoms with E-state index in [1.165, 1.54) is 45.3 Å². The Morgan fingerprint density at radius 1 is 1.05 bits per heavy atom. The molecule has 0 amide bonds. The fourth-order valence-corrected chi connectivity index (χ4v) is 3.35. The van der Waals surface area contributed by atoms with Gasteiger partial charge < -0.3 is 25.6 Å². The van der Waals surface area contributed by atoms with E-state index >= 15 is 0 Å². The van der Waals surface area contributed by atoms with E-state index in [1.54, 1.807) is 7.11 Å². The van der Waals surface area contributed by atoms with Crippen molar-refractivity contribution in [2.24, 2.45) is 0 Å². The number of nitrogens with zero attached hydrogens (tertiary/aromatic N) is 1. The van der Waals surface area contributed by atoms with Gasteiger partial charge in [0.2, 0.25) is 0 Å². The molecule has 0 aromatic heterocycles. The molecule has 2 rings (SSSR count). The van der Waals surface area contributed by atoms with Crippen LogP contribution in [-0.2, 0) is 4.74 Å². The van der Waals surface area contributed by atoms with Crippen molar-refractivity contribution in [3.05, 3.63) is 0 Å². The molecule has 5 heteroatoms. The summed E-state index contributed by atoms with van der Waals surface area (Å²) >= 11 is 0. The third-order valence-electron chi connectivity index (χ3n) is 4.63. The highest BCUT2D eigenvalue weighted by Crippen LogP contribution is 2.11. The van der Waals surface area contributed by atoms with Crippen LogP contribution in [0.2, 0.25) is 0 Å². The van der Waals surface area contributed by atoms with Crippen molar-refractivity contribution < 1.29 is 4.74 Å². The van der Waals surface area contributed by atoms with Crippen LogP contribution < -0.4 is 16.0 Å². The number of fused-ring (bicyclic) bond motifs is 2. The molecule has 21 heavy (non-hydrogen) atoms. The first-order valence-electron chi connectivity index (χ1n) is 8.69. The second-order valence-electron chi connectivity index (χ2n) is 6.67. The van der Waals surface area contributed by atoms with Crippen molar-refractivity contribution in [3.63, 3.8) is 0 Å². The number of hydrogen-bond donors (Lipinski definition) is 3. The SMILES string of the molecule is COCC1CNC2CCCN(CCCCNC(C)CN1)C2. The first kappa shape index (κ1) is 17.2.